The van der Waals surface area contributed by atoms with E-state index in [1.54, 1.807) is 0 Å². The minimum absolute atomic E-state index is 0.144. The first-order valence-corrected chi connectivity index (χ1v) is 7.67. The monoisotopic (exact) mass is 241 g/mol. The van der Waals surface area contributed by atoms with E-state index >= 15 is 0 Å². The quantitative estimate of drug-likeness (QED) is 0.669. The van der Waals surface area contributed by atoms with E-state index in [0.717, 1.165) is 25.3 Å². The Hall–Kier alpha value is -0.0800. The molecule has 0 radical (unpaired) electrons. The molecular weight excluding hydrogens is 210 g/mol. The lowest BCUT2D eigenvalue weighted by atomic mass is 9.95. The minimum Gasteiger partial charge on any atom is -0.392 e. The highest BCUT2D eigenvalue weighted by Crippen LogP contribution is 2.26. The summed E-state index contributed by atoms with van der Waals surface area (Å²) in [6, 6.07) is 0.656. The molecule has 0 spiro atoms. The van der Waals surface area contributed by atoms with E-state index < -0.39 is 0 Å². The molecule has 1 aliphatic rings. The third-order valence-corrected chi connectivity index (χ3v) is 4.05. The van der Waals surface area contributed by atoms with Crippen molar-refractivity contribution in [2.75, 3.05) is 6.54 Å². The maximum atomic E-state index is 9.72. The third kappa shape index (κ3) is 6.42. The summed E-state index contributed by atoms with van der Waals surface area (Å²) in [4.78, 5) is 0. The van der Waals surface area contributed by atoms with Gasteiger partial charge in [-0.25, -0.2) is 0 Å². The molecule has 0 amide bonds. The van der Waals surface area contributed by atoms with Crippen LogP contribution in [0.1, 0.15) is 71.6 Å². The van der Waals surface area contributed by atoms with Crippen LogP contribution in [0.5, 0.6) is 0 Å². The van der Waals surface area contributed by atoms with Gasteiger partial charge in [0.25, 0.3) is 0 Å². The first-order valence-electron chi connectivity index (χ1n) is 7.67. The van der Waals surface area contributed by atoms with Crippen LogP contribution in [0.3, 0.4) is 0 Å². The standard InChI is InChI=1S/C15H31NO/c1-3-6-13-8-5-9-14(11-10-13)16-12-15(17)7-4-2/h13-17H,3-12H2,1-2H3. The van der Waals surface area contributed by atoms with Crippen LogP contribution < -0.4 is 5.32 Å². The van der Waals surface area contributed by atoms with Crippen molar-refractivity contribution in [1.82, 2.24) is 5.32 Å². The summed E-state index contributed by atoms with van der Waals surface area (Å²) in [5, 5.41) is 13.3. The van der Waals surface area contributed by atoms with Gasteiger partial charge in [0.05, 0.1) is 6.10 Å². The molecule has 2 N–H and O–H groups in total. The molecule has 0 heterocycles. The van der Waals surface area contributed by atoms with Crippen LogP contribution in [0.25, 0.3) is 0 Å². The topological polar surface area (TPSA) is 32.3 Å². The van der Waals surface area contributed by atoms with Gasteiger partial charge in [-0.2, -0.15) is 0 Å². The van der Waals surface area contributed by atoms with Crippen LogP contribution in [0, 0.1) is 5.92 Å². The Kier molecular flexibility index (Phi) is 7.87. The van der Waals surface area contributed by atoms with Crippen molar-refractivity contribution in [1.29, 1.82) is 0 Å². The van der Waals surface area contributed by atoms with Crippen molar-refractivity contribution in [3.05, 3.63) is 0 Å². The van der Waals surface area contributed by atoms with Crippen LogP contribution in [0.2, 0.25) is 0 Å². The summed E-state index contributed by atoms with van der Waals surface area (Å²) in [7, 11) is 0. The molecule has 0 aromatic heterocycles. The van der Waals surface area contributed by atoms with Crippen molar-refractivity contribution in [2.24, 2.45) is 5.92 Å². The average Bonchev–Trinajstić information content (AvgIpc) is 2.53. The van der Waals surface area contributed by atoms with E-state index in [0.29, 0.717) is 6.04 Å². The van der Waals surface area contributed by atoms with Crippen molar-refractivity contribution in [3.8, 4) is 0 Å². The fourth-order valence-electron chi connectivity index (χ4n) is 3.02. The average molecular weight is 241 g/mol. The van der Waals surface area contributed by atoms with E-state index in [4.69, 9.17) is 0 Å². The Bertz CT molecular complexity index is 184. The van der Waals surface area contributed by atoms with Gasteiger partial charge in [0.1, 0.15) is 0 Å². The predicted octanol–water partition coefficient (Wildman–Crippen LogP) is 3.49. The molecule has 3 unspecified atom stereocenters. The number of hydrogen-bond donors (Lipinski definition) is 2. The Morgan fingerprint density at radius 3 is 2.65 bits per heavy atom. The summed E-state index contributed by atoms with van der Waals surface area (Å²) in [5.41, 5.74) is 0. The molecule has 3 atom stereocenters. The molecule has 17 heavy (non-hydrogen) atoms. The van der Waals surface area contributed by atoms with E-state index in [1.165, 1.54) is 44.9 Å². The second-order valence-corrected chi connectivity index (χ2v) is 5.71. The van der Waals surface area contributed by atoms with Gasteiger partial charge in [0.15, 0.2) is 0 Å². The first kappa shape index (κ1) is 15.0. The van der Waals surface area contributed by atoms with Gasteiger partial charge in [-0.3, -0.25) is 0 Å². The molecule has 0 saturated heterocycles. The van der Waals surface area contributed by atoms with Crippen LogP contribution >= 0.6 is 0 Å². The van der Waals surface area contributed by atoms with Crippen LogP contribution in [0.4, 0.5) is 0 Å². The Labute approximate surface area is 107 Å². The zero-order valence-electron chi connectivity index (χ0n) is 11.8. The maximum absolute atomic E-state index is 9.72. The molecule has 0 aromatic carbocycles. The normalized spacial score (nSPS) is 27.7. The smallest absolute Gasteiger partial charge is 0.0664 e. The molecule has 1 saturated carbocycles. The number of hydrogen-bond acceptors (Lipinski definition) is 2. The zero-order chi connectivity index (χ0) is 12.5. The number of aliphatic hydroxyl groups excluding tert-OH is 1. The Morgan fingerprint density at radius 1 is 1.12 bits per heavy atom. The third-order valence-electron chi connectivity index (χ3n) is 4.05. The zero-order valence-corrected chi connectivity index (χ0v) is 11.8. The van der Waals surface area contributed by atoms with Crippen molar-refractivity contribution in [2.45, 2.75) is 83.8 Å². The van der Waals surface area contributed by atoms with Crippen LogP contribution in [-0.2, 0) is 0 Å². The second kappa shape index (κ2) is 8.93. The number of nitrogens with one attached hydrogen (secondary N) is 1. The summed E-state index contributed by atoms with van der Waals surface area (Å²) in [5.74, 6) is 0.965. The molecule has 102 valence electrons. The van der Waals surface area contributed by atoms with Gasteiger partial charge in [-0.15, -0.1) is 0 Å². The lowest BCUT2D eigenvalue weighted by Gasteiger charge is -2.19. The fraction of sp³-hybridized carbons (Fsp3) is 1.00. The summed E-state index contributed by atoms with van der Waals surface area (Å²) in [6.07, 6.45) is 11.4. The number of rotatable bonds is 7. The van der Waals surface area contributed by atoms with Gasteiger partial charge in [0, 0.05) is 12.6 Å². The lowest BCUT2D eigenvalue weighted by molar-refractivity contribution is 0.155. The molecule has 1 rings (SSSR count). The summed E-state index contributed by atoms with van der Waals surface area (Å²) in [6.45, 7) is 5.21. The maximum Gasteiger partial charge on any atom is 0.0664 e. The molecule has 0 aliphatic heterocycles. The fourth-order valence-corrected chi connectivity index (χ4v) is 3.02. The van der Waals surface area contributed by atoms with Gasteiger partial charge < -0.3 is 10.4 Å². The van der Waals surface area contributed by atoms with Crippen LogP contribution in [-0.4, -0.2) is 23.8 Å². The van der Waals surface area contributed by atoms with Crippen LogP contribution in [0.15, 0.2) is 0 Å². The molecule has 1 fully saturated rings. The minimum atomic E-state index is -0.144. The van der Waals surface area contributed by atoms with Crippen molar-refractivity contribution in [3.63, 3.8) is 0 Å². The molecule has 2 nitrogen and oxygen atoms in total. The lowest BCUT2D eigenvalue weighted by Crippen LogP contribution is -2.35. The molecule has 0 bridgehead atoms. The van der Waals surface area contributed by atoms with Crippen molar-refractivity contribution >= 4 is 0 Å². The molecule has 1 aliphatic carbocycles. The summed E-state index contributed by atoms with van der Waals surface area (Å²) < 4.78 is 0. The second-order valence-electron chi connectivity index (χ2n) is 5.71. The summed E-state index contributed by atoms with van der Waals surface area (Å²) >= 11 is 0. The first-order chi connectivity index (χ1) is 8.26. The highest BCUT2D eigenvalue weighted by molar-refractivity contribution is 4.76. The predicted molar refractivity (Wildman–Crippen MR) is 74.2 cm³/mol. The van der Waals surface area contributed by atoms with E-state index in [1.807, 2.05) is 0 Å². The SMILES string of the molecule is CCCC(O)CNC1CCCC(CCC)CC1. The van der Waals surface area contributed by atoms with Gasteiger partial charge in [-0.05, 0) is 31.6 Å². The number of aliphatic hydroxyl groups is 1. The Morgan fingerprint density at radius 2 is 1.94 bits per heavy atom. The molecule has 2 heteroatoms. The Balaban J connectivity index is 2.17. The largest absolute Gasteiger partial charge is 0.392 e. The highest BCUT2D eigenvalue weighted by Gasteiger charge is 2.18. The van der Waals surface area contributed by atoms with Crippen molar-refractivity contribution < 1.29 is 5.11 Å². The van der Waals surface area contributed by atoms with E-state index in [-0.39, 0.29) is 6.10 Å². The molecule has 0 aromatic rings. The van der Waals surface area contributed by atoms with Gasteiger partial charge >= 0.3 is 0 Å². The van der Waals surface area contributed by atoms with Gasteiger partial charge in [0.2, 0.25) is 0 Å². The highest BCUT2D eigenvalue weighted by atomic mass is 16.3. The molecular formula is C15H31NO. The van der Waals surface area contributed by atoms with Gasteiger partial charge in [-0.1, -0.05) is 46.0 Å². The van der Waals surface area contributed by atoms with E-state index in [2.05, 4.69) is 19.2 Å². The van der Waals surface area contributed by atoms with E-state index in [9.17, 15) is 5.11 Å².